The zero-order valence-corrected chi connectivity index (χ0v) is 17.1. The van der Waals surface area contributed by atoms with Gasteiger partial charge in [0.1, 0.15) is 0 Å². The minimum Gasteiger partial charge on any atom is -0.493 e. The normalized spacial score (nSPS) is 10.6. The Hall–Kier alpha value is -2.70. The van der Waals surface area contributed by atoms with Crippen LogP contribution in [0, 0.1) is 6.92 Å². The first-order valence-corrected chi connectivity index (χ1v) is 8.92. The first kappa shape index (κ1) is 21.6. The lowest BCUT2D eigenvalue weighted by molar-refractivity contribution is -0.142. The third kappa shape index (κ3) is 5.90. The standard InChI is InChI=1S/C20H19Cl2NO5/c1-12-4-6-14(10-15(12)21)23-18(24)11-28-19(25)7-5-13-8-16(22)20(27-3)17(9-13)26-2/h4-10H,11H2,1-3H3,(H,23,24)/b7-5+. The number of rotatable bonds is 7. The van der Waals surface area contributed by atoms with Crippen molar-refractivity contribution in [2.75, 3.05) is 26.1 Å². The van der Waals surface area contributed by atoms with Gasteiger partial charge >= 0.3 is 5.97 Å². The molecule has 0 aliphatic heterocycles. The number of hydrogen-bond donors (Lipinski definition) is 1. The number of hydrogen-bond acceptors (Lipinski definition) is 5. The van der Waals surface area contributed by atoms with E-state index >= 15 is 0 Å². The van der Waals surface area contributed by atoms with E-state index in [-0.39, 0.29) is 0 Å². The SMILES string of the molecule is COc1cc(/C=C/C(=O)OCC(=O)Nc2ccc(C)c(Cl)c2)cc(Cl)c1OC. The molecule has 0 radical (unpaired) electrons. The van der Waals surface area contributed by atoms with Crippen LogP contribution in [0.3, 0.4) is 0 Å². The summed E-state index contributed by atoms with van der Waals surface area (Å²) in [6, 6.07) is 8.38. The molecule has 2 rings (SSSR count). The summed E-state index contributed by atoms with van der Waals surface area (Å²) in [5.74, 6) is -0.324. The van der Waals surface area contributed by atoms with Crippen molar-refractivity contribution in [1.82, 2.24) is 0 Å². The molecule has 2 aromatic carbocycles. The molecule has 0 saturated heterocycles. The maximum atomic E-state index is 11.9. The average molecular weight is 424 g/mol. The maximum Gasteiger partial charge on any atom is 0.331 e. The summed E-state index contributed by atoms with van der Waals surface area (Å²) in [7, 11) is 2.96. The summed E-state index contributed by atoms with van der Waals surface area (Å²) < 4.78 is 15.3. The second kappa shape index (κ2) is 10.0. The Kier molecular flexibility index (Phi) is 7.72. The number of ether oxygens (including phenoxy) is 3. The fourth-order valence-electron chi connectivity index (χ4n) is 2.25. The van der Waals surface area contributed by atoms with E-state index in [1.807, 2.05) is 6.92 Å². The van der Waals surface area contributed by atoms with Crippen LogP contribution in [0.4, 0.5) is 5.69 Å². The number of amides is 1. The van der Waals surface area contributed by atoms with Crippen molar-refractivity contribution < 1.29 is 23.8 Å². The van der Waals surface area contributed by atoms with Gasteiger partial charge in [0.2, 0.25) is 0 Å². The number of carbonyl (C=O) groups is 2. The number of anilines is 1. The van der Waals surface area contributed by atoms with Crippen LogP contribution in [0.5, 0.6) is 11.5 Å². The van der Waals surface area contributed by atoms with Crippen molar-refractivity contribution in [2.24, 2.45) is 0 Å². The molecule has 8 heteroatoms. The Morgan fingerprint density at radius 2 is 1.82 bits per heavy atom. The molecule has 0 atom stereocenters. The van der Waals surface area contributed by atoms with Gasteiger partial charge in [-0.05, 0) is 48.4 Å². The van der Waals surface area contributed by atoms with Crippen molar-refractivity contribution in [1.29, 1.82) is 0 Å². The highest BCUT2D eigenvalue weighted by Crippen LogP contribution is 2.36. The molecule has 0 aromatic heterocycles. The highest BCUT2D eigenvalue weighted by atomic mass is 35.5. The average Bonchev–Trinajstić information content (AvgIpc) is 2.67. The predicted molar refractivity (Wildman–Crippen MR) is 109 cm³/mol. The van der Waals surface area contributed by atoms with Gasteiger partial charge in [-0.1, -0.05) is 29.3 Å². The fourth-order valence-corrected chi connectivity index (χ4v) is 2.73. The van der Waals surface area contributed by atoms with Gasteiger partial charge < -0.3 is 19.5 Å². The van der Waals surface area contributed by atoms with Gasteiger partial charge in [-0.15, -0.1) is 0 Å². The number of methoxy groups -OCH3 is 2. The molecule has 0 spiro atoms. The molecule has 28 heavy (non-hydrogen) atoms. The highest BCUT2D eigenvalue weighted by Gasteiger charge is 2.10. The van der Waals surface area contributed by atoms with Gasteiger partial charge in [0, 0.05) is 16.8 Å². The van der Waals surface area contributed by atoms with Crippen molar-refractivity contribution >= 4 is 46.8 Å². The zero-order chi connectivity index (χ0) is 20.7. The van der Waals surface area contributed by atoms with E-state index in [0.717, 1.165) is 5.56 Å². The minimum absolute atomic E-state index is 0.339. The number of benzene rings is 2. The van der Waals surface area contributed by atoms with Crippen molar-refractivity contribution in [3.8, 4) is 11.5 Å². The minimum atomic E-state index is -0.678. The molecule has 1 amide bonds. The van der Waals surface area contributed by atoms with Crippen LogP contribution in [0.25, 0.3) is 6.08 Å². The highest BCUT2D eigenvalue weighted by molar-refractivity contribution is 6.32. The van der Waals surface area contributed by atoms with E-state index in [4.69, 9.17) is 37.4 Å². The molecule has 0 unspecified atom stereocenters. The molecule has 1 N–H and O–H groups in total. The zero-order valence-electron chi connectivity index (χ0n) is 15.5. The third-order valence-electron chi connectivity index (χ3n) is 3.67. The summed E-state index contributed by atoms with van der Waals surface area (Å²) in [5.41, 5.74) is 2.03. The quantitative estimate of drug-likeness (QED) is 0.523. The summed E-state index contributed by atoms with van der Waals surface area (Å²) in [5, 5.41) is 3.47. The maximum absolute atomic E-state index is 11.9. The topological polar surface area (TPSA) is 73.9 Å². The second-order valence-corrected chi connectivity index (χ2v) is 6.51. The summed E-state index contributed by atoms with van der Waals surface area (Å²) >= 11 is 12.1. The Bertz CT molecular complexity index is 912. The van der Waals surface area contributed by atoms with Crippen LogP contribution in [0.2, 0.25) is 10.0 Å². The molecule has 0 heterocycles. The Balaban J connectivity index is 1.92. The van der Waals surface area contributed by atoms with E-state index in [2.05, 4.69) is 5.32 Å². The fraction of sp³-hybridized carbons (Fsp3) is 0.200. The molecule has 0 aliphatic carbocycles. The monoisotopic (exact) mass is 423 g/mol. The second-order valence-electron chi connectivity index (χ2n) is 5.69. The largest absolute Gasteiger partial charge is 0.493 e. The first-order chi connectivity index (χ1) is 13.3. The number of nitrogens with one attached hydrogen (secondary N) is 1. The summed E-state index contributed by atoms with van der Waals surface area (Å²) in [6.45, 7) is 1.43. The molecular weight excluding hydrogens is 405 g/mol. The number of esters is 1. The van der Waals surface area contributed by atoms with E-state index in [0.29, 0.717) is 32.8 Å². The molecule has 148 valence electrons. The number of halogens is 2. The van der Waals surface area contributed by atoms with Gasteiger partial charge in [0.15, 0.2) is 18.1 Å². The van der Waals surface area contributed by atoms with E-state index < -0.39 is 18.5 Å². The Labute approximate surface area is 173 Å². The van der Waals surface area contributed by atoms with Gasteiger partial charge in [-0.2, -0.15) is 0 Å². The van der Waals surface area contributed by atoms with Gasteiger partial charge in [0.05, 0.1) is 19.2 Å². The lowest BCUT2D eigenvalue weighted by Crippen LogP contribution is -2.20. The van der Waals surface area contributed by atoms with Crippen LogP contribution in [-0.2, 0) is 14.3 Å². The third-order valence-corrected chi connectivity index (χ3v) is 4.36. The van der Waals surface area contributed by atoms with Crippen molar-refractivity contribution in [3.05, 3.63) is 57.6 Å². The molecule has 6 nitrogen and oxygen atoms in total. The van der Waals surface area contributed by atoms with Crippen LogP contribution in [0.15, 0.2) is 36.4 Å². The molecule has 0 aliphatic rings. The van der Waals surface area contributed by atoms with E-state index in [1.54, 1.807) is 30.3 Å². The molecule has 2 aromatic rings. The van der Waals surface area contributed by atoms with Gasteiger partial charge in [0.25, 0.3) is 5.91 Å². The lowest BCUT2D eigenvalue weighted by atomic mass is 10.2. The first-order valence-electron chi connectivity index (χ1n) is 8.16. The summed E-state index contributed by atoms with van der Waals surface area (Å²) in [4.78, 5) is 23.7. The molecule has 0 fully saturated rings. The molecule has 0 bridgehead atoms. The van der Waals surface area contributed by atoms with Crippen LogP contribution in [-0.4, -0.2) is 32.7 Å². The number of aryl methyl sites for hydroxylation is 1. The summed E-state index contributed by atoms with van der Waals surface area (Å²) in [6.07, 6.45) is 2.68. The predicted octanol–water partition coefficient (Wildman–Crippen LogP) is 4.51. The smallest absolute Gasteiger partial charge is 0.331 e. The van der Waals surface area contributed by atoms with Crippen molar-refractivity contribution in [3.63, 3.8) is 0 Å². The van der Waals surface area contributed by atoms with E-state index in [9.17, 15) is 9.59 Å². The Morgan fingerprint density at radius 3 is 2.46 bits per heavy atom. The lowest BCUT2D eigenvalue weighted by Gasteiger charge is -2.10. The van der Waals surface area contributed by atoms with Crippen LogP contribution < -0.4 is 14.8 Å². The Morgan fingerprint density at radius 1 is 1.07 bits per heavy atom. The van der Waals surface area contributed by atoms with E-state index in [1.165, 1.54) is 26.4 Å². The number of carbonyl (C=O) groups excluding carboxylic acids is 2. The molecular formula is C20H19Cl2NO5. The van der Waals surface area contributed by atoms with Crippen LogP contribution >= 0.6 is 23.2 Å². The van der Waals surface area contributed by atoms with Gasteiger partial charge in [-0.3, -0.25) is 4.79 Å². The van der Waals surface area contributed by atoms with Crippen molar-refractivity contribution in [2.45, 2.75) is 6.92 Å². The molecule has 0 saturated carbocycles. The van der Waals surface area contributed by atoms with Crippen LogP contribution in [0.1, 0.15) is 11.1 Å². The van der Waals surface area contributed by atoms with Gasteiger partial charge in [-0.25, -0.2) is 4.79 Å².